The Labute approximate surface area is 135 Å². The number of amides is 1. The number of anilines is 2. The van der Waals surface area contributed by atoms with Crippen LogP contribution in [0.2, 0.25) is 0 Å². The van der Waals surface area contributed by atoms with Gasteiger partial charge in [-0.05, 0) is 42.3 Å². The lowest BCUT2D eigenvalue weighted by Crippen LogP contribution is -2.27. The van der Waals surface area contributed by atoms with E-state index in [0.717, 1.165) is 11.3 Å². The van der Waals surface area contributed by atoms with Crippen LogP contribution in [0.25, 0.3) is 0 Å². The van der Waals surface area contributed by atoms with Crippen molar-refractivity contribution in [3.8, 4) is 0 Å². The molecule has 3 rings (SSSR count). The first kappa shape index (κ1) is 15.5. The van der Waals surface area contributed by atoms with Crippen molar-refractivity contribution in [1.82, 2.24) is 4.98 Å². The van der Waals surface area contributed by atoms with E-state index in [2.05, 4.69) is 9.71 Å². The Balaban J connectivity index is 1.89. The number of pyridine rings is 1. The predicted octanol–water partition coefficient (Wildman–Crippen LogP) is 2.18. The molecule has 1 aliphatic rings. The molecule has 1 aromatic heterocycles. The standard InChI is InChI=1S/C16H17N3O3S/c1-2-16(20)19-9-7-12-10-14(5-6-15(12)19)23(21,22)18-13-4-3-8-17-11-13/h3-6,8,10-11,18H,2,7,9H2,1H3. The monoisotopic (exact) mass is 331 g/mol. The van der Waals surface area contributed by atoms with E-state index in [1.54, 1.807) is 35.4 Å². The molecule has 0 unspecified atom stereocenters. The smallest absolute Gasteiger partial charge is 0.261 e. The topological polar surface area (TPSA) is 79.4 Å². The third kappa shape index (κ3) is 3.05. The van der Waals surface area contributed by atoms with E-state index in [1.807, 2.05) is 6.92 Å². The van der Waals surface area contributed by atoms with Crippen LogP contribution in [-0.2, 0) is 21.2 Å². The van der Waals surface area contributed by atoms with E-state index >= 15 is 0 Å². The Morgan fingerprint density at radius 3 is 2.87 bits per heavy atom. The molecule has 1 N–H and O–H groups in total. The first-order valence-corrected chi connectivity index (χ1v) is 8.85. The summed E-state index contributed by atoms with van der Waals surface area (Å²) in [7, 11) is -3.67. The van der Waals surface area contributed by atoms with E-state index in [4.69, 9.17) is 0 Å². The van der Waals surface area contributed by atoms with Crippen molar-refractivity contribution in [2.24, 2.45) is 0 Å². The minimum atomic E-state index is -3.67. The van der Waals surface area contributed by atoms with E-state index in [9.17, 15) is 13.2 Å². The number of nitrogens with one attached hydrogen (secondary N) is 1. The van der Waals surface area contributed by atoms with Crippen LogP contribution in [0.1, 0.15) is 18.9 Å². The number of carbonyl (C=O) groups excluding carboxylic acids is 1. The summed E-state index contributed by atoms with van der Waals surface area (Å²) >= 11 is 0. The summed E-state index contributed by atoms with van der Waals surface area (Å²) in [6, 6.07) is 8.16. The van der Waals surface area contributed by atoms with Crippen molar-refractivity contribution in [3.05, 3.63) is 48.3 Å². The van der Waals surface area contributed by atoms with Gasteiger partial charge >= 0.3 is 0 Å². The van der Waals surface area contributed by atoms with E-state index < -0.39 is 10.0 Å². The van der Waals surface area contributed by atoms with Gasteiger partial charge in [0.15, 0.2) is 0 Å². The highest BCUT2D eigenvalue weighted by Crippen LogP contribution is 2.31. The molecule has 2 heterocycles. The van der Waals surface area contributed by atoms with Crippen LogP contribution in [-0.4, -0.2) is 25.9 Å². The predicted molar refractivity (Wildman–Crippen MR) is 87.8 cm³/mol. The number of fused-ring (bicyclic) bond motifs is 1. The van der Waals surface area contributed by atoms with Crippen molar-refractivity contribution in [2.75, 3.05) is 16.2 Å². The summed E-state index contributed by atoms with van der Waals surface area (Å²) in [5.41, 5.74) is 2.09. The van der Waals surface area contributed by atoms with Crippen molar-refractivity contribution >= 4 is 27.3 Å². The molecule has 0 fully saturated rings. The molecule has 120 valence electrons. The second-order valence-electron chi connectivity index (χ2n) is 5.29. The zero-order chi connectivity index (χ0) is 16.4. The zero-order valence-corrected chi connectivity index (χ0v) is 13.5. The molecular formula is C16H17N3O3S. The summed E-state index contributed by atoms with van der Waals surface area (Å²) in [6.45, 7) is 2.42. The van der Waals surface area contributed by atoms with Gasteiger partial charge in [-0.15, -0.1) is 0 Å². The van der Waals surface area contributed by atoms with Crippen LogP contribution in [0.4, 0.5) is 11.4 Å². The van der Waals surface area contributed by atoms with E-state index in [1.165, 1.54) is 12.3 Å². The number of aromatic nitrogens is 1. The van der Waals surface area contributed by atoms with Crippen LogP contribution >= 0.6 is 0 Å². The van der Waals surface area contributed by atoms with Gasteiger partial charge in [0, 0.05) is 24.8 Å². The van der Waals surface area contributed by atoms with Gasteiger partial charge in [-0.2, -0.15) is 0 Å². The van der Waals surface area contributed by atoms with Crippen molar-refractivity contribution in [1.29, 1.82) is 0 Å². The van der Waals surface area contributed by atoms with Gasteiger partial charge in [0.25, 0.3) is 10.0 Å². The molecule has 23 heavy (non-hydrogen) atoms. The minimum Gasteiger partial charge on any atom is -0.312 e. The molecule has 0 spiro atoms. The lowest BCUT2D eigenvalue weighted by Gasteiger charge is -2.16. The maximum Gasteiger partial charge on any atom is 0.261 e. The molecule has 0 bridgehead atoms. The number of rotatable bonds is 4. The molecule has 0 saturated carbocycles. The third-order valence-electron chi connectivity index (χ3n) is 3.77. The maximum atomic E-state index is 12.5. The van der Waals surface area contributed by atoms with Crippen LogP contribution in [0.3, 0.4) is 0 Å². The third-order valence-corrected chi connectivity index (χ3v) is 5.15. The SMILES string of the molecule is CCC(=O)N1CCc2cc(S(=O)(=O)Nc3cccnc3)ccc21. The highest BCUT2D eigenvalue weighted by atomic mass is 32.2. The van der Waals surface area contributed by atoms with Crippen LogP contribution in [0, 0.1) is 0 Å². The second kappa shape index (κ2) is 6.00. The second-order valence-corrected chi connectivity index (χ2v) is 6.97. The lowest BCUT2D eigenvalue weighted by atomic mass is 10.2. The first-order valence-electron chi connectivity index (χ1n) is 7.37. The average molecular weight is 331 g/mol. The van der Waals surface area contributed by atoms with Gasteiger partial charge in [0.05, 0.1) is 16.8 Å². The van der Waals surface area contributed by atoms with Gasteiger partial charge in [-0.25, -0.2) is 8.42 Å². The number of hydrogen-bond donors (Lipinski definition) is 1. The number of sulfonamides is 1. The van der Waals surface area contributed by atoms with Crippen LogP contribution < -0.4 is 9.62 Å². The number of carbonyl (C=O) groups is 1. The average Bonchev–Trinajstić information content (AvgIpc) is 2.98. The Hall–Kier alpha value is -2.41. The molecule has 2 aromatic rings. The Morgan fingerprint density at radius 1 is 1.35 bits per heavy atom. The first-order chi connectivity index (χ1) is 11.0. The van der Waals surface area contributed by atoms with Gasteiger partial charge in [0.1, 0.15) is 0 Å². The Bertz CT molecular complexity index is 835. The molecule has 7 heteroatoms. The van der Waals surface area contributed by atoms with Crippen molar-refractivity contribution in [2.45, 2.75) is 24.7 Å². The van der Waals surface area contributed by atoms with Gasteiger partial charge in [-0.3, -0.25) is 14.5 Å². The molecule has 6 nitrogen and oxygen atoms in total. The summed E-state index contributed by atoms with van der Waals surface area (Å²) in [5, 5.41) is 0. The fourth-order valence-electron chi connectivity index (χ4n) is 2.63. The molecule has 0 aliphatic carbocycles. The highest BCUT2D eigenvalue weighted by molar-refractivity contribution is 7.92. The molecule has 0 radical (unpaired) electrons. The summed E-state index contributed by atoms with van der Waals surface area (Å²) < 4.78 is 27.4. The lowest BCUT2D eigenvalue weighted by molar-refractivity contribution is -0.118. The largest absolute Gasteiger partial charge is 0.312 e. The Kier molecular flexibility index (Phi) is 4.04. The van der Waals surface area contributed by atoms with Crippen molar-refractivity contribution < 1.29 is 13.2 Å². The molecule has 0 saturated heterocycles. The summed E-state index contributed by atoms with van der Waals surface area (Å²) in [4.78, 5) is 17.7. The summed E-state index contributed by atoms with van der Waals surface area (Å²) in [6.07, 6.45) is 4.12. The highest BCUT2D eigenvalue weighted by Gasteiger charge is 2.25. The fraction of sp³-hybridized carbons (Fsp3) is 0.250. The van der Waals surface area contributed by atoms with Crippen LogP contribution in [0.5, 0.6) is 0 Å². The zero-order valence-electron chi connectivity index (χ0n) is 12.7. The molecule has 1 amide bonds. The Morgan fingerprint density at radius 2 is 2.17 bits per heavy atom. The van der Waals surface area contributed by atoms with E-state index in [-0.39, 0.29) is 10.8 Å². The number of nitrogens with zero attached hydrogens (tertiary/aromatic N) is 2. The molecule has 1 aliphatic heterocycles. The van der Waals surface area contributed by atoms with Crippen molar-refractivity contribution in [3.63, 3.8) is 0 Å². The minimum absolute atomic E-state index is 0.0489. The quantitative estimate of drug-likeness (QED) is 0.931. The number of benzene rings is 1. The molecular weight excluding hydrogens is 314 g/mol. The maximum absolute atomic E-state index is 12.5. The van der Waals surface area contributed by atoms with E-state index in [0.29, 0.717) is 25.1 Å². The fourth-order valence-corrected chi connectivity index (χ4v) is 3.73. The van der Waals surface area contributed by atoms with Gasteiger partial charge in [0.2, 0.25) is 5.91 Å². The normalized spacial score (nSPS) is 13.7. The summed E-state index contributed by atoms with van der Waals surface area (Å²) in [5.74, 6) is 0.0489. The number of hydrogen-bond acceptors (Lipinski definition) is 4. The molecule has 0 atom stereocenters. The molecule has 1 aromatic carbocycles. The van der Waals surface area contributed by atoms with Gasteiger partial charge in [-0.1, -0.05) is 6.92 Å². The van der Waals surface area contributed by atoms with Crippen LogP contribution in [0.15, 0.2) is 47.6 Å². The van der Waals surface area contributed by atoms with Gasteiger partial charge < -0.3 is 4.90 Å².